The third kappa shape index (κ3) is 7.47. The van der Waals surface area contributed by atoms with Crippen LogP contribution in [0.4, 0.5) is 0 Å². The number of carbonyl (C=O) groups excluding carboxylic acids is 2. The Labute approximate surface area is 227 Å². The van der Waals surface area contributed by atoms with Crippen molar-refractivity contribution in [3.05, 3.63) is 101 Å². The van der Waals surface area contributed by atoms with E-state index in [1.54, 1.807) is 4.90 Å². The molecule has 2 amide bonds. The van der Waals surface area contributed by atoms with Crippen molar-refractivity contribution in [1.82, 2.24) is 10.2 Å². The Hall–Kier alpha value is -3.60. The number of hydrogen-bond donors (Lipinski definition) is 1. The Morgan fingerprint density at radius 3 is 2.32 bits per heavy atom. The monoisotopic (exact) mass is 512 g/mol. The predicted octanol–water partition coefficient (Wildman–Crippen LogP) is 6.08. The van der Waals surface area contributed by atoms with Gasteiger partial charge in [-0.15, -0.1) is 0 Å². The minimum Gasteiger partial charge on any atom is -0.483 e. The summed E-state index contributed by atoms with van der Waals surface area (Å²) in [4.78, 5) is 29.4. The van der Waals surface area contributed by atoms with Crippen molar-refractivity contribution in [2.24, 2.45) is 0 Å². The molecule has 5 nitrogen and oxygen atoms in total. The minimum absolute atomic E-state index is 0.0887. The van der Waals surface area contributed by atoms with E-state index in [-0.39, 0.29) is 24.5 Å². The molecular formula is C33H40N2O3. The van der Waals surface area contributed by atoms with Gasteiger partial charge in [0.1, 0.15) is 11.8 Å². The zero-order valence-corrected chi connectivity index (χ0v) is 22.9. The molecule has 0 heterocycles. The number of amides is 2. The van der Waals surface area contributed by atoms with Gasteiger partial charge in [-0.05, 0) is 61.9 Å². The Morgan fingerprint density at radius 2 is 1.61 bits per heavy atom. The van der Waals surface area contributed by atoms with Gasteiger partial charge in [-0.2, -0.15) is 0 Å². The smallest absolute Gasteiger partial charge is 0.261 e. The van der Waals surface area contributed by atoms with Crippen LogP contribution in [0.25, 0.3) is 0 Å². The molecule has 3 aromatic rings. The molecule has 0 aromatic heterocycles. The molecule has 0 saturated heterocycles. The average molecular weight is 513 g/mol. The van der Waals surface area contributed by atoms with Gasteiger partial charge in [0, 0.05) is 19.0 Å². The molecule has 5 heteroatoms. The molecule has 1 aliphatic rings. The summed E-state index contributed by atoms with van der Waals surface area (Å²) >= 11 is 0. The lowest BCUT2D eigenvalue weighted by atomic mass is 9.94. The number of aryl methyl sites for hydroxylation is 3. The van der Waals surface area contributed by atoms with E-state index >= 15 is 0 Å². The summed E-state index contributed by atoms with van der Waals surface area (Å²) < 4.78 is 6.01. The Morgan fingerprint density at radius 1 is 0.895 bits per heavy atom. The number of carbonyl (C=O) groups is 2. The van der Waals surface area contributed by atoms with Crippen molar-refractivity contribution in [3.8, 4) is 5.75 Å². The lowest BCUT2D eigenvalue weighted by Gasteiger charge is -2.33. The lowest BCUT2D eigenvalue weighted by molar-refractivity contribution is -0.143. The van der Waals surface area contributed by atoms with Crippen LogP contribution < -0.4 is 10.1 Å². The highest BCUT2D eigenvalue weighted by molar-refractivity contribution is 5.88. The van der Waals surface area contributed by atoms with E-state index in [0.717, 1.165) is 53.5 Å². The third-order valence-electron chi connectivity index (χ3n) is 7.51. The minimum atomic E-state index is -0.644. The van der Waals surface area contributed by atoms with E-state index in [2.05, 4.69) is 5.32 Å². The zero-order valence-electron chi connectivity index (χ0n) is 22.9. The highest BCUT2D eigenvalue weighted by Crippen LogP contribution is 2.22. The molecule has 1 saturated carbocycles. The first-order chi connectivity index (χ1) is 18.4. The van der Waals surface area contributed by atoms with Crippen LogP contribution in [0.1, 0.15) is 59.9 Å². The molecule has 1 fully saturated rings. The van der Waals surface area contributed by atoms with Crippen LogP contribution in [-0.4, -0.2) is 35.4 Å². The van der Waals surface area contributed by atoms with E-state index < -0.39 is 6.04 Å². The Balaban J connectivity index is 1.62. The fourth-order valence-corrected chi connectivity index (χ4v) is 5.25. The first-order valence-corrected chi connectivity index (χ1v) is 13.8. The summed E-state index contributed by atoms with van der Waals surface area (Å²) in [7, 11) is 0. The number of nitrogens with zero attached hydrogens (tertiary/aromatic N) is 1. The molecule has 1 atom stereocenters. The third-order valence-corrected chi connectivity index (χ3v) is 7.51. The number of benzene rings is 3. The van der Waals surface area contributed by atoms with Gasteiger partial charge in [0.2, 0.25) is 5.91 Å². The summed E-state index contributed by atoms with van der Waals surface area (Å²) in [6.45, 7) is 6.27. The molecule has 38 heavy (non-hydrogen) atoms. The van der Waals surface area contributed by atoms with Gasteiger partial charge in [0.05, 0.1) is 0 Å². The van der Waals surface area contributed by atoms with Gasteiger partial charge in [0.15, 0.2) is 6.61 Å². The van der Waals surface area contributed by atoms with Crippen LogP contribution in [0.15, 0.2) is 72.8 Å². The molecule has 4 rings (SSSR count). The van der Waals surface area contributed by atoms with Crippen LogP contribution >= 0.6 is 0 Å². The van der Waals surface area contributed by atoms with E-state index in [9.17, 15) is 9.59 Å². The van der Waals surface area contributed by atoms with E-state index in [4.69, 9.17) is 4.74 Å². The van der Waals surface area contributed by atoms with Gasteiger partial charge in [-0.25, -0.2) is 0 Å². The van der Waals surface area contributed by atoms with E-state index in [1.807, 2.05) is 93.6 Å². The highest BCUT2D eigenvalue weighted by atomic mass is 16.5. The quantitative estimate of drug-likeness (QED) is 0.358. The molecule has 0 aliphatic heterocycles. The van der Waals surface area contributed by atoms with E-state index in [0.29, 0.717) is 18.7 Å². The van der Waals surface area contributed by atoms with Crippen molar-refractivity contribution in [3.63, 3.8) is 0 Å². The molecule has 1 N–H and O–H groups in total. The summed E-state index contributed by atoms with van der Waals surface area (Å²) in [6.07, 6.45) is 5.90. The van der Waals surface area contributed by atoms with Crippen molar-refractivity contribution in [2.45, 2.75) is 77.9 Å². The summed E-state index contributed by atoms with van der Waals surface area (Å²) in [5.74, 6) is 0.396. The number of rotatable bonds is 10. The van der Waals surface area contributed by atoms with Gasteiger partial charge < -0.3 is 15.0 Å². The van der Waals surface area contributed by atoms with Gasteiger partial charge in [-0.1, -0.05) is 91.6 Å². The van der Waals surface area contributed by atoms with Crippen LogP contribution in [0.3, 0.4) is 0 Å². The van der Waals surface area contributed by atoms with Crippen molar-refractivity contribution in [1.29, 1.82) is 0 Å². The summed E-state index contributed by atoms with van der Waals surface area (Å²) in [5, 5.41) is 3.29. The molecule has 0 radical (unpaired) electrons. The molecule has 1 aliphatic carbocycles. The number of hydrogen-bond acceptors (Lipinski definition) is 3. The second-order valence-corrected chi connectivity index (χ2v) is 10.6. The SMILES string of the molecule is Cc1ccc(OCC(=O)N(Cc2ccccc2C)[C@H](Cc2ccccc2)C(=O)NC2CCCCC2)c(C)c1. The summed E-state index contributed by atoms with van der Waals surface area (Å²) in [6, 6.07) is 23.4. The molecular weight excluding hydrogens is 472 g/mol. The number of ether oxygens (including phenoxy) is 1. The van der Waals surface area contributed by atoms with Gasteiger partial charge >= 0.3 is 0 Å². The molecule has 3 aromatic carbocycles. The maximum Gasteiger partial charge on any atom is 0.261 e. The molecule has 200 valence electrons. The second-order valence-electron chi connectivity index (χ2n) is 10.6. The van der Waals surface area contributed by atoms with Crippen molar-refractivity contribution in [2.75, 3.05) is 6.61 Å². The largest absolute Gasteiger partial charge is 0.483 e. The standard InChI is InChI=1S/C33H40N2O3/c1-24-18-19-31(26(3)20-24)38-23-32(36)35(22-28-15-11-10-12-25(28)2)30(21-27-13-6-4-7-14-27)33(37)34-29-16-8-5-9-17-29/h4,6-7,10-15,18-20,29-30H,5,8-9,16-17,21-23H2,1-3H3,(H,34,37)/t30-/m1/s1. The van der Waals surface area contributed by atoms with Gasteiger partial charge in [0.25, 0.3) is 5.91 Å². The van der Waals surface area contributed by atoms with Crippen molar-refractivity contribution >= 4 is 11.8 Å². The topological polar surface area (TPSA) is 58.6 Å². The van der Waals surface area contributed by atoms with Crippen LogP contribution in [0.5, 0.6) is 5.75 Å². The van der Waals surface area contributed by atoms with Crippen molar-refractivity contribution < 1.29 is 14.3 Å². The summed E-state index contributed by atoms with van der Waals surface area (Å²) in [5.41, 5.74) is 5.26. The second kappa shape index (κ2) is 13.3. The fraction of sp³-hybridized carbons (Fsp3) is 0.394. The molecule has 0 unspecified atom stereocenters. The Kier molecular flexibility index (Phi) is 9.58. The fourth-order valence-electron chi connectivity index (χ4n) is 5.25. The number of nitrogens with one attached hydrogen (secondary N) is 1. The van der Waals surface area contributed by atoms with Crippen LogP contribution in [0, 0.1) is 20.8 Å². The molecule has 0 spiro atoms. The maximum atomic E-state index is 13.9. The first-order valence-electron chi connectivity index (χ1n) is 13.8. The van der Waals surface area contributed by atoms with E-state index in [1.165, 1.54) is 6.42 Å². The maximum absolute atomic E-state index is 13.9. The average Bonchev–Trinajstić information content (AvgIpc) is 2.92. The molecule has 0 bridgehead atoms. The zero-order chi connectivity index (χ0) is 26.9. The normalized spacial score (nSPS) is 14.5. The Bertz CT molecular complexity index is 1220. The van der Waals surface area contributed by atoms with Crippen LogP contribution in [-0.2, 0) is 22.6 Å². The lowest BCUT2D eigenvalue weighted by Crippen LogP contribution is -2.53. The first kappa shape index (κ1) is 27.4. The van der Waals surface area contributed by atoms with Gasteiger partial charge in [-0.3, -0.25) is 9.59 Å². The van der Waals surface area contributed by atoms with Crippen LogP contribution in [0.2, 0.25) is 0 Å². The highest BCUT2D eigenvalue weighted by Gasteiger charge is 2.32. The predicted molar refractivity (Wildman–Crippen MR) is 152 cm³/mol.